The molecule has 0 aromatic rings. The van der Waals surface area contributed by atoms with Crippen LogP contribution in [0.25, 0.3) is 0 Å². The summed E-state index contributed by atoms with van der Waals surface area (Å²) in [4.78, 5) is 0. The zero-order chi connectivity index (χ0) is 10.5. The molecule has 15 heavy (non-hydrogen) atoms. The van der Waals surface area contributed by atoms with Gasteiger partial charge < -0.3 is 15.2 Å². The van der Waals surface area contributed by atoms with Gasteiger partial charge in [0, 0.05) is 19.2 Å². The summed E-state index contributed by atoms with van der Waals surface area (Å²) in [5.41, 5.74) is 0. The lowest BCUT2D eigenvalue weighted by Gasteiger charge is -2.28. The Hall–Kier alpha value is -0.120. The first-order valence-electron chi connectivity index (χ1n) is 6.35. The molecule has 0 spiro atoms. The highest BCUT2D eigenvalue weighted by Crippen LogP contribution is 2.28. The SMILES string of the molecule is OC1CCCCC1NCCOCC1CC1. The van der Waals surface area contributed by atoms with E-state index in [2.05, 4.69) is 5.32 Å². The summed E-state index contributed by atoms with van der Waals surface area (Å²) in [5, 5.41) is 13.1. The lowest BCUT2D eigenvalue weighted by atomic mass is 9.93. The van der Waals surface area contributed by atoms with Crippen molar-refractivity contribution in [1.29, 1.82) is 0 Å². The number of aliphatic hydroxyl groups is 1. The second kappa shape index (κ2) is 5.83. The summed E-state index contributed by atoms with van der Waals surface area (Å²) >= 11 is 0. The number of hydrogen-bond acceptors (Lipinski definition) is 3. The van der Waals surface area contributed by atoms with E-state index in [1.165, 1.54) is 25.7 Å². The van der Waals surface area contributed by atoms with Crippen LogP contribution >= 0.6 is 0 Å². The van der Waals surface area contributed by atoms with Crippen molar-refractivity contribution in [3.05, 3.63) is 0 Å². The maximum absolute atomic E-state index is 9.72. The maximum Gasteiger partial charge on any atom is 0.0693 e. The quantitative estimate of drug-likeness (QED) is 0.654. The molecule has 0 radical (unpaired) electrons. The first-order valence-corrected chi connectivity index (χ1v) is 6.35. The van der Waals surface area contributed by atoms with Gasteiger partial charge in [-0.3, -0.25) is 0 Å². The van der Waals surface area contributed by atoms with Crippen LogP contribution in [0.15, 0.2) is 0 Å². The largest absolute Gasteiger partial charge is 0.392 e. The highest BCUT2D eigenvalue weighted by atomic mass is 16.5. The fourth-order valence-electron chi connectivity index (χ4n) is 2.20. The highest BCUT2D eigenvalue weighted by molar-refractivity contribution is 4.80. The maximum atomic E-state index is 9.72. The number of hydrogen-bond donors (Lipinski definition) is 2. The molecule has 2 atom stereocenters. The van der Waals surface area contributed by atoms with Crippen molar-refractivity contribution in [3.8, 4) is 0 Å². The molecule has 3 nitrogen and oxygen atoms in total. The summed E-state index contributed by atoms with van der Waals surface area (Å²) < 4.78 is 5.54. The molecule has 88 valence electrons. The Kier molecular flexibility index (Phi) is 4.42. The fraction of sp³-hybridized carbons (Fsp3) is 1.00. The number of nitrogens with one attached hydrogen (secondary N) is 1. The standard InChI is InChI=1S/C12H23NO2/c14-12-4-2-1-3-11(12)13-7-8-15-9-10-5-6-10/h10-14H,1-9H2. The van der Waals surface area contributed by atoms with Gasteiger partial charge in [0.25, 0.3) is 0 Å². The molecule has 2 N–H and O–H groups in total. The van der Waals surface area contributed by atoms with Gasteiger partial charge >= 0.3 is 0 Å². The second-order valence-corrected chi connectivity index (χ2v) is 4.93. The Morgan fingerprint density at radius 1 is 1.13 bits per heavy atom. The van der Waals surface area contributed by atoms with Gasteiger partial charge in [0.15, 0.2) is 0 Å². The lowest BCUT2D eigenvalue weighted by Crippen LogP contribution is -2.43. The predicted octanol–water partition coefficient (Wildman–Crippen LogP) is 1.31. The summed E-state index contributed by atoms with van der Waals surface area (Å²) in [7, 11) is 0. The molecule has 0 aromatic heterocycles. The van der Waals surface area contributed by atoms with Crippen LogP contribution < -0.4 is 5.32 Å². The molecule has 0 heterocycles. The number of rotatable bonds is 6. The summed E-state index contributed by atoms with van der Waals surface area (Å²) in [6, 6.07) is 0.309. The normalized spacial score (nSPS) is 31.8. The molecule has 0 aliphatic heterocycles. The van der Waals surface area contributed by atoms with Crippen LogP contribution in [0.3, 0.4) is 0 Å². The third-order valence-corrected chi connectivity index (χ3v) is 3.43. The minimum absolute atomic E-state index is 0.137. The van der Waals surface area contributed by atoms with Gasteiger partial charge in [-0.25, -0.2) is 0 Å². The van der Waals surface area contributed by atoms with Gasteiger partial charge in [-0.15, -0.1) is 0 Å². The van der Waals surface area contributed by atoms with Crippen molar-refractivity contribution >= 4 is 0 Å². The molecule has 2 saturated carbocycles. The molecular weight excluding hydrogens is 190 g/mol. The van der Waals surface area contributed by atoms with E-state index in [9.17, 15) is 5.11 Å². The summed E-state index contributed by atoms with van der Waals surface area (Å²) in [5.74, 6) is 0.852. The van der Waals surface area contributed by atoms with E-state index in [-0.39, 0.29) is 6.10 Å². The zero-order valence-corrected chi connectivity index (χ0v) is 9.45. The third-order valence-electron chi connectivity index (χ3n) is 3.43. The molecular formula is C12H23NO2. The van der Waals surface area contributed by atoms with Crippen LogP contribution in [0, 0.1) is 5.92 Å². The van der Waals surface area contributed by atoms with E-state index in [1.54, 1.807) is 0 Å². The van der Waals surface area contributed by atoms with Crippen molar-refractivity contribution in [1.82, 2.24) is 5.32 Å². The van der Waals surface area contributed by atoms with Gasteiger partial charge in [-0.05, 0) is 31.6 Å². The molecule has 0 bridgehead atoms. The predicted molar refractivity (Wildman–Crippen MR) is 59.8 cm³/mol. The first-order chi connectivity index (χ1) is 7.36. The zero-order valence-electron chi connectivity index (χ0n) is 9.45. The Morgan fingerprint density at radius 2 is 1.93 bits per heavy atom. The smallest absolute Gasteiger partial charge is 0.0693 e. The van der Waals surface area contributed by atoms with Crippen LogP contribution in [0.5, 0.6) is 0 Å². The monoisotopic (exact) mass is 213 g/mol. The molecule has 2 aliphatic rings. The van der Waals surface area contributed by atoms with Gasteiger partial charge in [0.2, 0.25) is 0 Å². The topological polar surface area (TPSA) is 41.5 Å². The summed E-state index contributed by atoms with van der Waals surface area (Å²) in [6.45, 7) is 2.61. The van der Waals surface area contributed by atoms with E-state index in [4.69, 9.17) is 4.74 Å². The van der Waals surface area contributed by atoms with Crippen LogP contribution in [-0.4, -0.2) is 37.0 Å². The van der Waals surface area contributed by atoms with Crippen LogP contribution in [0.2, 0.25) is 0 Å². The van der Waals surface area contributed by atoms with Crippen molar-refractivity contribution in [2.24, 2.45) is 5.92 Å². The molecule has 0 aromatic carbocycles. The van der Waals surface area contributed by atoms with E-state index in [1.807, 2.05) is 0 Å². The van der Waals surface area contributed by atoms with Gasteiger partial charge in [0.1, 0.15) is 0 Å². The highest BCUT2D eigenvalue weighted by Gasteiger charge is 2.23. The van der Waals surface area contributed by atoms with Crippen molar-refractivity contribution in [3.63, 3.8) is 0 Å². The minimum atomic E-state index is -0.137. The Bertz CT molecular complexity index is 182. The van der Waals surface area contributed by atoms with Crippen molar-refractivity contribution in [2.45, 2.75) is 50.7 Å². The van der Waals surface area contributed by atoms with E-state index in [0.717, 1.165) is 38.5 Å². The molecule has 2 fully saturated rings. The van der Waals surface area contributed by atoms with Gasteiger partial charge in [-0.2, -0.15) is 0 Å². The number of ether oxygens (including phenoxy) is 1. The van der Waals surface area contributed by atoms with Crippen molar-refractivity contribution in [2.75, 3.05) is 19.8 Å². The van der Waals surface area contributed by atoms with Crippen LogP contribution in [0.4, 0.5) is 0 Å². The van der Waals surface area contributed by atoms with Gasteiger partial charge in [-0.1, -0.05) is 12.8 Å². The molecule has 0 saturated heterocycles. The third kappa shape index (κ3) is 4.09. The minimum Gasteiger partial charge on any atom is -0.392 e. The molecule has 2 rings (SSSR count). The molecule has 2 aliphatic carbocycles. The Balaban J connectivity index is 1.48. The average Bonchev–Trinajstić information content (AvgIpc) is 3.04. The Labute approximate surface area is 92.2 Å². The molecule has 2 unspecified atom stereocenters. The summed E-state index contributed by atoms with van der Waals surface area (Å²) in [6.07, 6.45) is 7.07. The average molecular weight is 213 g/mol. The van der Waals surface area contributed by atoms with E-state index >= 15 is 0 Å². The Morgan fingerprint density at radius 3 is 2.67 bits per heavy atom. The molecule has 0 amide bonds. The van der Waals surface area contributed by atoms with Crippen LogP contribution in [0.1, 0.15) is 38.5 Å². The molecule has 3 heteroatoms. The fourth-order valence-corrected chi connectivity index (χ4v) is 2.20. The second-order valence-electron chi connectivity index (χ2n) is 4.93. The van der Waals surface area contributed by atoms with E-state index in [0.29, 0.717) is 6.04 Å². The van der Waals surface area contributed by atoms with E-state index < -0.39 is 0 Å². The van der Waals surface area contributed by atoms with Crippen molar-refractivity contribution < 1.29 is 9.84 Å². The van der Waals surface area contributed by atoms with Crippen LogP contribution in [-0.2, 0) is 4.74 Å². The van der Waals surface area contributed by atoms with Gasteiger partial charge in [0.05, 0.1) is 12.7 Å². The first kappa shape index (κ1) is 11.4. The lowest BCUT2D eigenvalue weighted by molar-refractivity contribution is 0.0785. The number of aliphatic hydroxyl groups excluding tert-OH is 1.